The van der Waals surface area contributed by atoms with E-state index in [1.54, 1.807) is 0 Å². The first-order valence-electron chi connectivity index (χ1n) is 6.14. The molecule has 6 heteroatoms. The van der Waals surface area contributed by atoms with Crippen molar-refractivity contribution in [1.82, 2.24) is 5.32 Å². The fourth-order valence-corrected chi connectivity index (χ4v) is 2.15. The van der Waals surface area contributed by atoms with Crippen LogP contribution in [0.15, 0.2) is 30.3 Å². The minimum atomic E-state index is -1.59. The van der Waals surface area contributed by atoms with E-state index in [0.717, 1.165) is 12.1 Å². The van der Waals surface area contributed by atoms with E-state index in [1.807, 2.05) is 0 Å². The number of ether oxygens (including phenoxy) is 1. The van der Waals surface area contributed by atoms with Gasteiger partial charge in [0, 0.05) is 11.1 Å². The third kappa shape index (κ3) is 2.71. The molecule has 0 aromatic heterocycles. The molecule has 2 rings (SSSR count). The molecule has 0 amide bonds. The van der Waals surface area contributed by atoms with Gasteiger partial charge in [-0.15, -0.1) is 0 Å². The lowest BCUT2D eigenvalue weighted by molar-refractivity contribution is 0.381. The van der Waals surface area contributed by atoms with E-state index in [-0.39, 0.29) is 16.9 Å². The van der Waals surface area contributed by atoms with Crippen molar-refractivity contribution < 1.29 is 22.3 Å². The molecule has 1 atom stereocenters. The summed E-state index contributed by atoms with van der Waals surface area (Å²) in [6.07, 6.45) is 0. The molecule has 2 aromatic carbocycles. The molecular weight excluding hydrogens is 286 g/mol. The van der Waals surface area contributed by atoms with Gasteiger partial charge in [-0.3, -0.25) is 0 Å². The maximum Gasteiger partial charge on any atom is 0.194 e. The maximum absolute atomic E-state index is 14.3. The summed E-state index contributed by atoms with van der Waals surface area (Å²) in [5.41, 5.74) is -0.120. The Bertz CT molecular complexity index is 660. The van der Waals surface area contributed by atoms with E-state index in [2.05, 4.69) is 5.32 Å². The van der Waals surface area contributed by atoms with Crippen molar-refractivity contribution in [3.8, 4) is 5.75 Å². The second-order valence-corrected chi connectivity index (χ2v) is 4.35. The molecule has 0 spiro atoms. The molecule has 0 aliphatic carbocycles. The van der Waals surface area contributed by atoms with Crippen LogP contribution in [0.4, 0.5) is 17.6 Å². The number of methoxy groups -OCH3 is 1. The zero-order valence-corrected chi connectivity index (χ0v) is 11.4. The van der Waals surface area contributed by atoms with Crippen LogP contribution in [0.2, 0.25) is 0 Å². The number of hydrogen-bond acceptors (Lipinski definition) is 2. The molecule has 0 aliphatic heterocycles. The van der Waals surface area contributed by atoms with Gasteiger partial charge in [-0.05, 0) is 19.2 Å². The van der Waals surface area contributed by atoms with Gasteiger partial charge >= 0.3 is 0 Å². The summed E-state index contributed by atoms with van der Waals surface area (Å²) in [6.45, 7) is 0. The van der Waals surface area contributed by atoms with E-state index in [9.17, 15) is 17.6 Å². The van der Waals surface area contributed by atoms with Crippen LogP contribution in [0.1, 0.15) is 17.2 Å². The first-order valence-corrected chi connectivity index (χ1v) is 6.14. The Labute approximate surface area is 119 Å². The lowest BCUT2D eigenvalue weighted by atomic mass is 9.97. The van der Waals surface area contributed by atoms with E-state index in [0.29, 0.717) is 0 Å². The summed E-state index contributed by atoms with van der Waals surface area (Å²) in [4.78, 5) is 0. The Morgan fingerprint density at radius 2 is 1.57 bits per heavy atom. The second kappa shape index (κ2) is 6.13. The van der Waals surface area contributed by atoms with Gasteiger partial charge in [-0.2, -0.15) is 0 Å². The van der Waals surface area contributed by atoms with Crippen LogP contribution in [0.5, 0.6) is 5.75 Å². The smallest absolute Gasteiger partial charge is 0.194 e. The van der Waals surface area contributed by atoms with Crippen molar-refractivity contribution >= 4 is 0 Å². The minimum Gasteiger partial charge on any atom is -0.494 e. The zero-order valence-electron chi connectivity index (χ0n) is 11.4. The van der Waals surface area contributed by atoms with Gasteiger partial charge in [0.1, 0.15) is 0 Å². The molecular formula is C15H13F4NO. The number of rotatable bonds is 4. The summed E-state index contributed by atoms with van der Waals surface area (Å²) in [6, 6.07) is 5.26. The van der Waals surface area contributed by atoms with Crippen LogP contribution in [-0.4, -0.2) is 14.2 Å². The Morgan fingerprint density at radius 1 is 0.905 bits per heavy atom. The highest BCUT2D eigenvalue weighted by Gasteiger charge is 2.24. The molecule has 0 saturated heterocycles. The molecule has 0 fully saturated rings. The van der Waals surface area contributed by atoms with Crippen LogP contribution in [0.25, 0.3) is 0 Å². The van der Waals surface area contributed by atoms with Crippen molar-refractivity contribution in [2.24, 2.45) is 0 Å². The van der Waals surface area contributed by atoms with Crippen molar-refractivity contribution in [1.29, 1.82) is 0 Å². The molecule has 0 radical (unpaired) electrons. The molecule has 21 heavy (non-hydrogen) atoms. The monoisotopic (exact) mass is 299 g/mol. The molecule has 1 N–H and O–H groups in total. The van der Waals surface area contributed by atoms with E-state index in [1.165, 1.54) is 32.4 Å². The molecule has 0 saturated carbocycles. The highest BCUT2D eigenvalue weighted by atomic mass is 19.2. The molecule has 1 unspecified atom stereocenters. The summed E-state index contributed by atoms with van der Waals surface area (Å²) >= 11 is 0. The number of benzene rings is 2. The van der Waals surface area contributed by atoms with Crippen LogP contribution in [0.3, 0.4) is 0 Å². The van der Waals surface area contributed by atoms with Crippen LogP contribution in [0, 0.1) is 23.3 Å². The van der Waals surface area contributed by atoms with Crippen molar-refractivity contribution in [3.63, 3.8) is 0 Å². The normalized spacial score (nSPS) is 12.3. The maximum atomic E-state index is 14.3. The average Bonchev–Trinajstić information content (AvgIpc) is 2.49. The van der Waals surface area contributed by atoms with Gasteiger partial charge < -0.3 is 10.1 Å². The van der Waals surface area contributed by atoms with Gasteiger partial charge in [0.25, 0.3) is 0 Å². The highest BCUT2D eigenvalue weighted by Crippen LogP contribution is 2.31. The molecule has 0 heterocycles. The standard InChI is InChI=1S/C15H13F4NO/c1-20-15(8-4-3-5-11(21-2)12(8)17)9-6-7-10(16)14(19)13(9)18/h3-7,15,20H,1-2H3. The molecule has 0 aliphatic rings. The number of nitrogens with one attached hydrogen (secondary N) is 1. The van der Waals surface area contributed by atoms with E-state index >= 15 is 0 Å². The van der Waals surface area contributed by atoms with Crippen molar-refractivity contribution in [3.05, 3.63) is 64.7 Å². The fraction of sp³-hybridized carbons (Fsp3) is 0.200. The van der Waals surface area contributed by atoms with E-state index in [4.69, 9.17) is 4.74 Å². The van der Waals surface area contributed by atoms with Crippen LogP contribution in [-0.2, 0) is 0 Å². The average molecular weight is 299 g/mol. The Kier molecular flexibility index (Phi) is 4.47. The quantitative estimate of drug-likeness (QED) is 0.688. The summed E-state index contributed by atoms with van der Waals surface area (Å²) < 4.78 is 59.4. The second-order valence-electron chi connectivity index (χ2n) is 4.35. The van der Waals surface area contributed by atoms with Gasteiger partial charge in [-0.25, -0.2) is 17.6 Å². The fourth-order valence-electron chi connectivity index (χ4n) is 2.15. The molecule has 2 aromatic rings. The molecule has 0 bridgehead atoms. The van der Waals surface area contributed by atoms with Crippen molar-refractivity contribution in [2.45, 2.75) is 6.04 Å². The largest absolute Gasteiger partial charge is 0.494 e. The predicted molar refractivity (Wildman–Crippen MR) is 70.2 cm³/mol. The van der Waals surface area contributed by atoms with Gasteiger partial charge in [0.2, 0.25) is 0 Å². The predicted octanol–water partition coefficient (Wildman–Crippen LogP) is 3.56. The highest BCUT2D eigenvalue weighted by molar-refractivity contribution is 5.39. The van der Waals surface area contributed by atoms with Crippen molar-refractivity contribution in [2.75, 3.05) is 14.2 Å². The first-order chi connectivity index (χ1) is 10.0. The third-order valence-electron chi connectivity index (χ3n) is 3.19. The zero-order chi connectivity index (χ0) is 15.6. The molecule has 112 valence electrons. The third-order valence-corrected chi connectivity index (χ3v) is 3.19. The Balaban J connectivity index is 2.58. The summed E-state index contributed by atoms with van der Waals surface area (Å²) in [7, 11) is 2.76. The first kappa shape index (κ1) is 15.3. The Hall–Kier alpha value is -2.08. The number of halogens is 4. The lowest BCUT2D eigenvalue weighted by Crippen LogP contribution is -2.21. The Morgan fingerprint density at radius 3 is 2.19 bits per heavy atom. The minimum absolute atomic E-state index is 0.0178. The topological polar surface area (TPSA) is 21.3 Å². The van der Waals surface area contributed by atoms with Crippen LogP contribution >= 0.6 is 0 Å². The van der Waals surface area contributed by atoms with E-state index < -0.39 is 29.3 Å². The van der Waals surface area contributed by atoms with Gasteiger partial charge in [0.15, 0.2) is 29.0 Å². The number of hydrogen-bond donors (Lipinski definition) is 1. The summed E-state index contributed by atoms with van der Waals surface area (Å²) in [5, 5.41) is 2.69. The van der Waals surface area contributed by atoms with Crippen LogP contribution < -0.4 is 10.1 Å². The molecule has 2 nitrogen and oxygen atoms in total. The summed E-state index contributed by atoms with van der Waals surface area (Å²) in [5.74, 6) is -4.94. The lowest BCUT2D eigenvalue weighted by Gasteiger charge is -2.19. The SMILES string of the molecule is CNC(c1cccc(OC)c1F)c1ccc(F)c(F)c1F. The van der Waals surface area contributed by atoms with Gasteiger partial charge in [-0.1, -0.05) is 18.2 Å². The van der Waals surface area contributed by atoms with Gasteiger partial charge in [0.05, 0.1) is 13.2 Å².